The molecule has 0 fully saturated rings. The number of oxime groups is 1. The predicted molar refractivity (Wildman–Crippen MR) is 120 cm³/mol. The summed E-state index contributed by atoms with van der Waals surface area (Å²) >= 11 is 6.16. The third kappa shape index (κ3) is 5.03. The van der Waals surface area contributed by atoms with Crippen LogP contribution in [0.25, 0.3) is 11.4 Å². The van der Waals surface area contributed by atoms with Crippen LogP contribution in [-0.2, 0) is 17.7 Å². The molecular formula is C24H25ClN4O. The molecule has 1 aliphatic rings. The van der Waals surface area contributed by atoms with Crippen LogP contribution in [-0.4, -0.2) is 27.3 Å². The van der Waals surface area contributed by atoms with Crippen molar-refractivity contribution in [2.24, 2.45) is 5.16 Å². The highest BCUT2D eigenvalue weighted by Crippen LogP contribution is 2.22. The second-order valence-corrected chi connectivity index (χ2v) is 8.05. The molecule has 154 valence electrons. The van der Waals surface area contributed by atoms with Gasteiger partial charge in [-0.3, -0.25) is 15.0 Å². The van der Waals surface area contributed by atoms with E-state index in [2.05, 4.69) is 27.3 Å². The molecule has 0 spiro atoms. The van der Waals surface area contributed by atoms with Crippen molar-refractivity contribution < 1.29 is 4.84 Å². The zero-order valence-corrected chi connectivity index (χ0v) is 18.1. The van der Waals surface area contributed by atoms with E-state index in [1.165, 1.54) is 5.56 Å². The van der Waals surface area contributed by atoms with E-state index in [0.29, 0.717) is 11.6 Å². The molecule has 30 heavy (non-hydrogen) atoms. The SMILES string of the molecule is Cc1cc(Cl)cc(-c2cccc(CCCON=C3CCCc4ccc(C)nc43)n2)n1. The Bertz CT molecular complexity index is 1060. The van der Waals surface area contributed by atoms with E-state index in [1.54, 1.807) is 0 Å². The number of hydrogen-bond donors (Lipinski definition) is 0. The first-order valence-corrected chi connectivity index (χ1v) is 10.7. The predicted octanol–water partition coefficient (Wildman–Crippen LogP) is 5.50. The lowest BCUT2D eigenvalue weighted by molar-refractivity contribution is 0.141. The Morgan fingerprint density at radius 1 is 0.967 bits per heavy atom. The maximum Gasteiger partial charge on any atom is 0.117 e. The standard InChI is InChI=1S/C24H25ClN4O/c1-16-11-12-18-6-3-10-22(24(18)27-16)29-30-13-5-8-20-7-4-9-21(28-20)23-15-19(25)14-17(2)26-23/h4,7,9,11-12,14-15H,3,5-6,8,10,13H2,1-2H3. The topological polar surface area (TPSA) is 60.3 Å². The summed E-state index contributed by atoms with van der Waals surface area (Å²) in [5.41, 5.74) is 7.75. The summed E-state index contributed by atoms with van der Waals surface area (Å²) < 4.78 is 0. The minimum absolute atomic E-state index is 0.547. The molecular weight excluding hydrogens is 396 g/mol. The monoisotopic (exact) mass is 420 g/mol. The lowest BCUT2D eigenvalue weighted by atomic mass is 9.94. The number of rotatable bonds is 6. The lowest BCUT2D eigenvalue weighted by Gasteiger charge is -2.16. The van der Waals surface area contributed by atoms with Crippen molar-refractivity contribution in [3.63, 3.8) is 0 Å². The molecule has 3 aromatic heterocycles. The number of fused-ring (bicyclic) bond motifs is 1. The molecule has 3 heterocycles. The summed E-state index contributed by atoms with van der Waals surface area (Å²) in [6.45, 7) is 4.49. The maximum atomic E-state index is 6.16. The van der Waals surface area contributed by atoms with Gasteiger partial charge >= 0.3 is 0 Å². The first-order valence-electron chi connectivity index (χ1n) is 10.3. The Morgan fingerprint density at radius 2 is 1.87 bits per heavy atom. The molecule has 5 nitrogen and oxygen atoms in total. The van der Waals surface area contributed by atoms with Crippen molar-refractivity contribution in [1.82, 2.24) is 15.0 Å². The van der Waals surface area contributed by atoms with Gasteiger partial charge in [-0.1, -0.05) is 28.9 Å². The molecule has 0 aromatic carbocycles. The Hall–Kier alpha value is -2.79. The Balaban J connectivity index is 1.35. The van der Waals surface area contributed by atoms with Crippen molar-refractivity contribution in [3.05, 3.63) is 75.8 Å². The fraction of sp³-hybridized carbons (Fsp3) is 0.333. The second kappa shape index (κ2) is 9.35. The van der Waals surface area contributed by atoms with Crippen LogP contribution in [0.1, 0.15) is 47.6 Å². The highest BCUT2D eigenvalue weighted by molar-refractivity contribution is 6.30. The summed E-state index contributed by atoms with van der Waals surface area (Å²) in [6, 6.07) is 13.9. The van der Waals surface area contributed by atoms with Crippen LogP contribution in [0.15, 0.2) is 47.6 Å². The van der Waals surface area contributed by atoms with E-state index >= 15 is 0 Å². The number of halogens is 1. The van der Waals surface area contributed by atoms with Gasteiger partial charge in [0.1, 0.15) is 12.3 Å². The summed E-state index contributed by atoms with van der Waals surface area (Å²) in [5.74, 6) is 0. The van der Waals surface area contributed by atoms with Gasteiger partial charge in [-0.2, -0.15) is 0 Å². The average molecular weight is 421 g/mol. The van der Waals surface area contributed by atoms with Gasteiger partial charge in [0.2, 0.25) is 0 Å². The van der Waals surface area contributed by atoms with Crippen LogP contribution in [0.5, 0.6) is 0 Å². The van der Waals surface area contributed by atoms with Crippen LogP contribution < -0.4 is 0 Å². The number of pyridine rings is 3. The lowest BCUT2D eigenvalue weighted by Crippen LogP contribution is -2.15. The molecule has 1 aliphatic carbocycles. The molecule has 0 saturated carbocycles. The zero-order chi connectivity index (χ0) is 20.9. The van der Waals surface area contributed by atoms with E-state index in [1.807, 2.05) is 44.2 Å². The largest absolute Gasteiger partial charge is 0.396 e. The van der Waals surface area contributed by atoms with Crippen LogP contribution >= 0.6 is 11.6 Å². The summed E-state index contributed by atoms with van der Waals surface area (Å²) in [4.78, 5) is 19.6. The molecule has 0 unspecified atom stereocenters. The molecule has 6 heteroatoms. The normalized spacial score (nSPS) is 14.6. The van der Waals surface area contributed by atoms with Crippen molar-refractivity contribution in [3.8, 4) is 11.4 Å². The molecule has 4 rings (SSSR count). The molecule has 3 aromatic rings. The minimum Gasteiger partial charge on any atom is -0.396 e. The molecule has 0 atom stereocenters. The molecule has 0 bridgehead atoms. The maximum absolute atomic E-state index is 6.16. The van der Waals surface area contributed by atoms with Gasteiger partial charge in [0.05, 0.1) is 17.1 Å². The van der Waals surface area contributed by atoms with Crippen molar-refractivity contribution in [2.75, 3.05) is 6.61 Å². The van der Waals surface area contributed by atoms with Crippen LogP contribution in [0.4, 0.5) is 0 Å². The first-order chi connectivity index (χ1) is 14.6. The fourth-order valence-corrected chi connectivity index (χ4v) is 3.91. The van der Waals surface area contributed by atoms with Crippen molar-refractivity contribution >= 4 is 17.3 Å². The minimum atomic E-state index is 0.547. The van der Waals surface area contributed by atoms with Crippen LogP contribution in [0.2, 0.25) is 5.02 Å². The summed E-state index contributed by atoms with van der Waals surface area (Å²) in [5, 5.41) is 5.06. The quantitative estimate of drug-likeness (QED) is 0.390. The van der Waals surface area contributed by atoms with Gasteiger partial charge in [0.15, 0.2) is 0 Å². The van der Waals surface area contributed by atoms with Crippen molar-refractivity contribution in [2.45, 2.75) is 46.0 Å². The average Bonchev–Trinajstić information content (AvgIpc) is 2.73. The number of aryl methyl sites for hydroxylation is 4. The van der Waals surface area contributed by atoms with Gasteiger partial charge in [0.25, 0.3) is 0 Å². The fourth-order valence-electron chi connectivity index (χ4n) is 3.65. The Labute approximate surface area is 182 Å². The van der Waals surface area contributed by atoms with Crippen LogP contribution in [0.3, 0.4) is 0 Å². The molecule has 0 amide bonds. The molecule has 0 saturated heterocycles. The molecule has 0 N–H and O–H groups in total. The molecule has 0 aliphatic heterocycles. The summed E-state index contributed by atoms with van der Waals surface area (Å²) in [6.07, 6.45) is 4.72. The van der Waals surface area contributed by atoms with E-state index in [4.69, 9.17) is 21.4 Å². The van der Waals surface area contributed by atoms with E-state index < -0.39 is 0 Å². The van der Waals surface area contributed by atoms with Crippen molar-refractivity contribution in [1.29, 1.82) is 0 Å². The van der Waals surface area contributed by atoms with Gasteiger partial charge in [-0.25, -0.2) is 0 Å². The third-order valence-corrected chi connectivity index (χ3v) is 5.30. The summed E-state index contributed by atoms with van der Waals surface area (Å²) in [7, 11) is 0. The number of aromatic nitrogens is 3. The highest BCUT2D eigenvalue weighted by Gasteiger charge is 2.17. The number of nitrogens with zero attached hydrogens (tertiary/aromatic N) is 4. The molecule has 0 radical (unpaired) electrons. The zero-order valence-electron chi connectivity index (χ0n) is 17.4. The van der Waals surface area contributed by atoms with Gasteiger partial charge in [-0.05, 0) is 81.8 Å². The number of hydrogen-bond acceptors (Lipinski definition) is 5. The first kappa shape index (κ1) is 20.5. The second-order valence-electron chi connectivity index (χ2n) is 7.61. The highest BCUT2D eigenvalue weighted by atomic mass is 35.5. The third-order valence-electron chi connectivity index (χ3n) is 5.08. The Kier molecular flexibility index (Phi) is 6.38. The van der Waals surface area contributed by atoms with E-state index in [0.717, 1.165) is 72.0 Å². The van der Waals surface area contributed by atoms with Gasteiger partial charge in [0, 0.05) is 22.1 Å². The smallest absolute Gasteiger partial charge is 0.117 e. The van der Waals surface area contributed by atoms with Crippen LogP contribution in [0, 0.1) is 13.8 Å². The van der Waals surface area contributed by atoms with E-state index in [-0.39, 0.29) is 0 Å². The Morgan fingerprint density at radius 3 is 2.73 bits per heavy atom. The van der Waals surface area contributed by atoms with Gasteiger partial charge < -0.3 is 4.84 Å². The van der Waals surface area contributed by atoms with E-state index in [9.17, 15) is 0 Å². The van der Waals surface area contributed by atoms with Gasteiger partial charge in [-0.15, -0.1) is 0 Å².